The Morgan fingerprint density at radius 2 is 1.29 bits per heavy atom. The molecule has 178 valence electrons. The molecule has 0 aromatic heterocycles. The van der Waals surface area contributed by atoms with Gasteiger partial charge in [-0.1, -0.05) is 91.0 Å². The van der Waals surface area contributed by atoms with E-state index >= 15 is 0 Å². The predicted octanol–water partition coefficient (Wildman–Crippen LogP) is 2.73. The van der Waals surface area contributed by atoms with Crippen molar-refractivity contribution in [1.82, 2.24) is 10.6 Å². The summed E-state index contributed by atoms with van der Waals surface area (Å²) in [6.07, 6.45) is 1.51. The number of nitrogens with one attached hydrogen (secondary N) is 2. The van der Waals surface area contributed by atoms with Gasteiger partial charge in [-0.3, -0.25) is 9.59 Å². The fraction of sp³-hybridized carbons (Fsp3) is 0.286. The molecule has 3 rings (SSSR count). The van der Waals surface area contributed by atoms with Gasteiger partial charge >= 0.3 is 0 Å². The van der Waals surface area contributed by atoms with Crippen LogP contribution in [0, 0.1) is 0 Å². The van der Waals surface area contributed by atoms with Gasteiger partial charge in [0.25, 0.3) is 0 Å². The second-order valence-corrected chi connectivity index (χ2v) is 8.41. The lowest BCUT2D eigenvalue weighted by atomic mass is 9.91. The summed E-state index contributed by atoms with van der Waals surface area (Å²) in [5, 5.41) is 5.93. The Labute approximate surface area is 201 Å². The third-order valence-corrected chi connectivity index (χ3v) is 5.86. The molecule has 2 atom stereocenters. The van der Waals surface area contributed by atoms with Gasteiger partial charge in [0.1, 0.15) is 6.04 Å². The van der Waals surface area contributed by atoms with Crippen LogP contribution in [0.1, 0.15) is 35.4 Å². The first-order valence-electron chi connectivity index (χ1n) is 11.8. The van der Waals surface area contributed by atoms with E-state index in [1.54, 1.807) is 0 Å². The van der Waals surface area contributed by atoms with Gasteiger partial charge < -0.3 is 22.1 Å². The van der Waals surface area contributed by atoms with Crippen molar-refractivity contribution in [3.05, 3.63) is 108 Å². The highest BCUT2D eigenvalue weighted by Gasteiger charge is 2.25. The number of rotatable bonds is 12. The molecular formula is C28H34N4O2. The molecule has 0 aliphatic rings. The van der Waals surface area contributed by atoms with E-state index in [2.05, 4.69) is 34.9 Å². The fourth-order valence-corrected chi connectivity index (χ4v) is 3.93. The van der Waals surface area contributed by atoms with Gasteiger partial charge in [0, 0.05) is 18.9 Å². The van der Waals surface area contributed by atoms with Crippen molar-refractivity contribution < 1.29 is 9.59 Å². The predicted molar refractivity (Wildman–Crippen MR) is 136 cm³/mol. The zero-order chi connectivity index (χ0) is 24.2. The third kappa shape index (κ3) is 7.54. The molecule has 6 heteroatoms. The lowest BCUT2D eigenvalue weighted by Crippen LogP contribution is -2.53. The minimum atomic E-state index is -0.731. The molecule has 0 saturated carbocycles. The van der Waals surface area contributed by atoms with Gasteiger partial charge in [0.15, 0.2) is 0 Å². The summed E-state index contributed by atoms with van der Waals surface area (Å²) in [4.78, 5) is 26.0. The monoisotopic (exact) mass is 458 g/mol. The van der Waals surface area contributed by atoms with Crippen LogP contribution in [0.5, 0.6) is 0 Å². The van der Waals surface area contributed by atoms with Crippen LogP contribution in [-0.2, 0) is 16.0 Å². The van der Waals surface area contributed by atoms with Gasteiger partial charge in [-0.25, -0.2) is 0 Å². The molecule has 0 aliphatic heterocycles. The lowest BCUT2D eigenvalue weighted by Gasteiger charge is -2.23. The maximum Gasteiger partial charge on any atom is 0.242 e. The fourth-order valence-electron chi connectivity index (χ4n) is 3.93. The summed E-state index contributed by atoms with van der Waals surface area (Å²) >= 11 is 0. The lowest BCUT2D eigenvalue weighted by molar-refractivity contribution is -0.129. The number of hydrogen-bond donors (Lipinski definition) is 4. The van der Waals surface area contributed by atoms with Crippen LogP contribution in [-0.4, -0.2) is 37.0 Å². The van der Waals surface area contributed by atoms with Crippen LogP contribution in [0.25, 0.3) is 0 Å². The Hall–Kier alpha value is -3.48. The number of amides is 2. The topological polar surface area (TPSA) is 110 Å². The summed E-state index contributed by atoms with van der Waals surface area (Å²) in [6.45, 7) is 0.877. The number of hydrogen-bond acceptors (Lipinski definition) is 4. The molecular weight excluding hydrogens is 424 g/mol. The standard InChI is InChI=1S/C28H34N4O2/c29-18-10-17-25(30)27(33)32-26(19-21-11-4-1-5-12-21)28(34)31-20-24(22-13-6-2-7-14-22)23-15-8-3-9-16-23/h1-9,11-16,24-26H,10,17-20,29-30H2,(H,31,34)(H,32,33)/t25-,26-/m1/s1. The maximum absolute atomic E-state index is 13.3. The normalized spacial score (nSPS) is 12.7. The van der Waals surface area contributed by atoms with E-state index < -0.39 is 12.1 Å². The molecule has 0 unspecified atom stereocenters. The average Bonchev–Trinajstić information content (AvgIpc) is 2.88. The van der Waals surface area contributed by atoms with Gasteiger partial charge in [-0.2, -0.15) is 0 Å². The minimum Gasteiger partial charge on any atom is -0.353 e. The van der Waals surface area contributed by atoms with Crippen molar-refractivity contribution in [3.63, 3.8) is 0 Å². The van der Waals surface area contributed by atoms with Crippen molar-refractivity contribution in [1.29, 1.82) is 0 Å². The van der Waals surface area contributed by atoms with Crippen molar-refractivity contribution in [2.75, 3.05) is 13.1 Å². The first-order valence-corrected chi connectivity index (χ1v) is 11.8. The van der Waals surface area contributed by atoms with E-state index in [4.69, 9.17) is 11.5 Å². The molecule has 0 fully saturated rings. The third-order valence-electron chi connectivity index (χ3n) is 5.86. The van der Waals surface area contributed by atoms with Crippen molar-refractivity contribution in [3.8, 4) is 0 Å². The molecule has 3 aromatic rings. The molecule has 2 amide bonds. The van der Waals surface area contributed by atoms with E-state index in [1.807, 2.05) is 66.7 Å². The number of carbonyl (C=O) groups excluding carboxylic acids is 2. The SMILES string of the molecule is NCCC[C@@H](N)C(=O)N[C@H](Cc1ccccc1)C(=O)NCC(c1ccccc1)c1ccccc1. The quantitative estimate of drug-likeness (QED) is 0.334. The molecule has 0 spiro atoms. The Morgan fingerprint density at radius 1 is 0.765 bits per heavy atom. The van der Waals surface area contributed by atoms with Crippen molar-refractivity contribution in [2.45, 2.75) is 37.3 Å². The molecule has 0 radical (unpaired) electrons. The smallest absolute Gasteiger partial charge is 0.242 e. The second kappa shape index (κ2) is 13.3. The van der Waals surface area contributed by atoms with Gasteiger partial charge in [0.2, 0.25) is 11.8 Å². The van der Waals surface area contributed by atoms with Crippen LogP contribution in [0.4, 0.5) is 0 Å². The highest BCUT2D eigenvalue weighted by molar-refractivity contribution is 5.90. The number of nitrogens with two attached hydrogens (primary N) is 2. The van der Waals surface area contributed by atoms with Crippen molar-refractivity contribution >= 4 is 11.8 Å². The number of benzene rings is 3. The van der Waals surface area contributed by atoms with Crippen LogP contribution in [0.2, 0.25) is 0 Å². The molecule has 3 aromatic carbocycles. The molecule has 0 bridgehead atoms. The summed E-state index contributed by atoms with van der Waals surface area (Å²) in [5.41, 5.74) is 14.7. The first-order chi connectivity index (χ1) is 16.6. The van der Waals surface area contributed by atoms with Gasteiger partial charge in [-0.05, 0) is 36.1 Å². The number of carbonyl (C=O) groups is 2. The molecule has 0 aliphatic carbocycles. The summed E-state index contributed by atoms with van der Waals surface area (Å²) in [7, 11) is 0. The Balaban J connectivity index is 1.74. The largest absolute Gasteiger partial charge is 0.353 e. The zero-order valence-electron chi connectivity index (χ0n) is 19.4. The van der Waals surface area contributed by atoms with Crippen LogP contribution < -0.4 is 22.1 Å². The summed E-state index contributed by atoms with van der Waals surface area (Å²) < 4.78 is 0. The summed E-state index contributed by atoms with van der Waals surface area (Å²) in [5.74, 6) is -0.585. The molecule has 0 heterocycles. The van der Waals surface area contributed by atoms with Gasteiger partial charge in [0.05, 0.1) is 6.04 Å². The minimum absolute atomic E-state index is 0.00811. The average molecular weight is 459 g/mol. The Bertz CT molecular complexity index is 973. The molecule has 34 heavy (non-hydrogen) atoms. The van der Waals surface area contributed by atoms with Crippen LogP contribution in [0.15, 0.2) is 91.0 Å². The zero-order valence-corrected chi connectivity index (χ0v) is 19.4. The van der Waals surface area contributed by atoms with E-state index in [1.165, 1.54) is 0 Å². The molecule has 0 saturated heterocycles. The van der Waals surface area contributed by atoms with Crippen molar-refractivity contribution in [2.24, 2.45) is 11.5 Å². The Kier molecular flexibility index (Phi) is 9.82. The Morgan fingerprint density at radius 3 is 1.82 bits per heavy atom. The summed E-state index contributed by atoms with van der Waals surface area (Å²) in [6, 6.07) is 28.4. The van der Waals surface area contributed by atoms with E-state index in [0.29, 0.717) is 32.4 Å². The molecule has 6 N–H and O–H groups in total. The highest BCUT2D eigenvalue weighted by atomic mass is 16.2. The van der Waals surface area contributed by atoms with E-state index in [-0.39, 0.29) is 17.7 Å². The maximum atomic E-state index is 13.3. The van der Waals surface area contributed by atoms with Crippen LogP contribution >= 0.6 is 0 Å². The van der Waals surface area contributed by atoms with E-state index in [9.17, 15) is 9.59 Å². The molecule has 6 nitrogen and oxygen atoms in total. The van der Waals surface area contributed by atoms with Gasteiger partial charge in [-0.15, -0.1) is 0 Å². The highest BCUT2D eigenvalue weighted by Crippen LogP contribution is 2.23. The van der Waals surface area contributed by atoms with Crippen LogP contribution in [0.3, 0.4) is 0 Å². The first kappa shape index (κ1) is 25.1. The second-order valence-electron chi connectivity index (χ2n) is 8.41. The van der Waals surface area contributed by atoms with E-state index in [0.717, 1.165) is 16.7 Å².